The van der Waals surface area contributed by atoms with E-state index in [1.54, 1.807) is 0 Å². The average molecular weight is 203 g/mol. The Kier molecular flexibility index (Phi) is 7.87. The Morgan fingerprint density at radius 3 is 2.23 bits per heavy atom. The third-order valence-electron chi connectivity index (χ3n) is 2.29. The molecule has 2 heteroatoms. The van der Waals surface area contributed by atoms with E-state index in [0.29, 0.717) is 6.04 Å². The zero-order valence-electron chi connectivity index (χ0n) is 9.76. The number of thioether (sulfide) groups is 1. The van der Waals surface area contributed by atoms with Gasteiger partial charge in [-0.1, -0.05) is 27.7 Å². The first-order valence-corrected chi connectivity index (χ1v) is 6.47. The minimum Gasteiger partial charge on any atom is -0.313 e. The Balaban J connectivity index is 3.40. The van der Waals surface area contributed by atoms with Crippen molar-refractivity contribution in [3.8, 4) is 0 Å². The van der Waals surface area contributed by atoms with Crippen LogP contribution in [0, 0.1) is 5.92 Å². The maximum Gasteiger partial charge on any atom is 0.0130 e. The molecule has 0 spiro atoms. The third kappa shape index (κ3) is 7.39. The molecule has 0 aliphatic carbocycles. The fraction of sp³-hybridized carbons (Fsp3) is 1.00. The highest BCUT2D eigenvalue weighted by molar-refractivity contribution is 7.99. The lowest BCUT2D eigenvalue weighted by molar-refractivity contribution is 0.585. The van der Waals surface area contributed by atoms with E-state index in [1.165, 1.54) is 12.2 Å². The zero-order valence-corrected chi connectivity index (χ0v) is 10.6. The molecule has 0 heterocycles. The van der Waals surface area contributed by atoms with Crippen LogP contribution in [0.25, 0.3) is 0 Å². The minimum absolute atomic E-state index is 0.658. The van der Waals surface area contributed by atoms with E-state index in [9.17, 15) is 0 Å². The Bertz CT molecular complexity index is 115. The van der Waals surface area contributed by atoms with E-state index in [2.05, 4.69) is 51.7 Å². The van der Waals surface area contributed by atoms with Gasteiger partial charge < -0.3 is 5.32 Å². The molecular weight excluding hydrogens is 178 g/mol. The number of hydrogen-bond acceptors (Lipinski definition) is 2. The van der Waals surface area contributed by atoms with Crippen LogP contribution >= 0.6 is 11.8 Å². The largest absolute Gasteiger partial charge is 0.313 e. The highest BCUT2D eigenvalue weighted by Crippen LogP contribution is 2.19. The van der Waals surface area contributed by atoms with Gasteiger partial charge in [0.2, 0.25) is 0 Å². The molecule has 1 N–H and O–H groups in total. The van der Waals surface area contributed by atoms with Crippen LogP contribution in [-0.4, -0.2) is 23.6 Å². The van der Waals surface area contributed by atoms with Crippen LogP contribution in [-0.2, 0) is 0 Å². The molecule has 0 aliphatic rings. The van der Waals surface area contributed by atoms with Crippen LogP contribution in [0.1, 0.15) is 41.0 Å². The molecule has 0 aromatic carbocycles. The Morgan fingerprint density at radius 2 is 1.77 bits per heavy atom. The predicted molar refractivity (Wildman–Crippen MR) is 64.5 cm³/mol. The molecule has 0 saturated heterocycles. The molecule has 0 saturated carbocycles. The van der Waals surface area contributed by atoms with Gasteiger partial charge >= 0.3 is 0 Å². The van der Waals surface area contributed by atoms with Crippen molar-refractivity contribution in [1.29, 1.82) is 0 Å². The molecule has 0 rings (SSSR count). The third-order valence-corrected chi connectivity index (χ3v) is 4.05. The van der Waals surface area contributed by atoms with Crippen molar-refractivity contribution in [3.63, 3.8) is 0 Å². The summed E-state index contributed by atoms with van der Waals surface area (Å²) in [5, 5.41) is 4.29. The van der Waals surface area contributed by atoms with Crippen molar-refractivity contribution in [2.75, 3.05) is 12.3 Å². The standard InChI is InChI=1S/C11H25NS/c1-6-7-12-10(4)8-13-11(5)9(2)3/h9-12H,6-8H2,1-5H3. The molecule has 80 valence electrons. The lowest BCUT2D eigenvalue weighted by Crippen LogP contribution is -2.29. The van der Waals surface area contributed by atoms with Crippen LogP contribution in [0.4, 0.5) is 0 Å². The SMILES string of the molecule is CCCNC(C)CSC(C)C(C)C. The number of rotatable bonds is 7. The van der Waals surface area contributed by atoms with E-state index < -0.39 is 0 Å². The molecule has 1 nitrogen and oxygen atoms in total. The quantitative estimate of drug-likeness (QED) is 0.682. The molecule has 0 aliphatic heterocycles. The summed E-state index contributed by atoms with van der Waals surface area (Å²) in [5.74, 6) is 2.03. The van der Waals surface area contributed by atoms with Crippen LogP contribution in [0.3, 0.4) is 0 Å². The lowest BCUT2D eigenvalue weighted by atomic mass is 10.2. The molecule has 2 unspecified atom stereocenters. The first kappa shape index (κ1) is 13.3. The van der Waals surface area contributed by atoms with Gasteiger partial charge in [-0.15, -0.1) is 0 Å². The fourth-order valence-electron chi connectivity index (χ4n) is 0.938. The van der Waals surface area contributed by atoms with Gasteiger partial charge in [-0.2, -0.15) is 11.8 Å². The normalized spacial score (nSPS) is 16.2. The summed E-state index contributed by atoms with van der Waals surface area (Å²) in [7, 11) is 0. The van der Waals surface area contributed by atoms with Crippen LogP contribution in [0.5, 0.6) is 0 Å². The molecule has 0 amide bonds. The second-order valence-corrected chi connectivity index (χ2v) is 5.55. The number of hydrogen-bond donors (Lipinski definition) is 1. The monoisotopic (exact) mass is 203 g/mol. The maximum atomic E-state index is 3.51. The fourth-order valence-corrected chi connectivity index (χ4v) is 2.03. The van der Waals surface area contributed by atoms with Gasteiger partial charge in [0.05, 0.1) is 0 Å². The molecule has 0 radical (unpaired) electrons. The second-order valence-electron chi connectivity index (χ2n) is 4.14. The highest BCUT2D eigenvalue weighted by Gasteiger charge is 2.09. The van der Waals surface area contributed by atoms with Crippen LogP contribution in [0.2, 0.25) is 0 Å². The van der Waals surface area contributed by atoms with E-state index in [1.807, 2.05) is 0 Å². The van der Waals surface area contributed by atoms with E-state index in [0.717, 1.165) is 17.7 Å². The smallest absolute Gasteiger partial charge is 0.0130 e. The first-order valence-electron chi connectivity index (χ1n) is 5.42. The number of nitrogens with one attached hydrogen (secondary N) is 1. The Hall–Kier alpha value is 0.310. The van der Waals surface area contributed by atoms with Gasteiger partial charge in [0.15, 0.2) is 0 Å². The molecule has 2 atom stereocenters. The Morgan fingerprint density at radius 1 is 1.15 bits per heavy atom. The van der Waals surface area contributed by atoms with Gasteiger partial charge in [0.25, 0.3) is 0 Å². The summed E-state index contributed by atoms with van der Waals surface area (Å²) < 4.78 is 0. The highest BCUT2D eigenvalue weighted by atomic mass is 32.2. The summed E-state index contributed by atoms with van der Waals surface area (Å²) >= 11 is 2.08. The van der Waals surface area contributed by atoms with Crippen molar-refractivity contribution in [1.82, 2.24) is 5.32 Å². The second kappa shape index (κ2) is 7.69. The lowest BCUT2D eigenvalue weighted by Gasteiger charge is -2.18. The summed E-state index contributed by atoms with van der Waals surface area (Å²) in [6.07, 6.45) is 1.23. The minimum atomic E-state index is 0.658. The molecule has 0 aromatic heterocycles. The van der Waals surface area contributed by atoms with E-state index in [4.69, 9.17) is 0 Å². The predicted octanol–water partition coefficient (Wildman–Crippen LogP) is 3.15. The van der Waals surface area contributed by atoms with Gasteiger partial charge in [-0.05, 0) is 25.8 Å². The van der Waals surface area contributed by atoms with Crippen molar-refractivity contribution in [3.05, 3.63) is 0 Å². The van der Waals surface area contributed by atoms with Crippen molar-refractivity contribution in [2.24, 2.45) is 5.92 Å². The average Bonchev–Trinajstić information content (AvgIpc) is 2.10. The topological polar surface area (TPSA) is 12.0 Å². The van der Waals surface area contributed by atoms with Gasteiger partial charge in [-0.3, -0.25) is 0 Å². The van der Waals surface area contributed by atoms with Gasteiger partial charge in [-0.25, -0.2) is 0 Å². The summed E-state index contributed by atoms with van der Waals surface area (Å²) in [4.78, 5) is 0. The molecular formula is C11H25NS. The maximum absolute atomic E-state index is 3.51. The van der Waals surface area contributed by atoms with Crippen molar-refractivity contribution >= 4 is 11.8 Å². The van der Waals surface area contributed by atoms with Crippen molar-refractivity contribution in [2.45, 2.75) is 52.3 Å². The molecule has 0 bridgehead atoms. The van der Waals surface area contributed by atoms with Gasteiger partial charge in [0.1, 0.15) is 0 Å². The van der Waals surface area contributed by atoms with Gasteiger partial charge in [0, 0.05) is 17.0 Å². The summed E-state index contributed by atoms with van der Waals surface area (Å²) in [6.45, 7) is 12.5. The molecule has 13 heavy (non-hydrogen) atoms. The van der Waals surface area contributed by atoms with E-state index in [-0.39, 0.29) is 0 Å². The summed E-state index contributed by atoms with van der Waals surface area (Å²) in [5.41, 5.74) is 0. The summed E-state index contributed by atoms with van der Waals surface area (Å²) in [6, 6.07) is 0.658. The first-order chi connectivity index (χ1) is 6.07. The zero-order chi connectivity index (χ0) is 10.3. The van der Waals surface area contributed by atoms with E-state index >= 15 is 0 Å². The van der Waals surface area contributed by atoms with Crippen LogP contribution in [0.15, 0.2) is 0 Å². The molecule has 0 fully saturated rings. The molecule has 0 aromatic rings. The van der Waals surface area contributed by atoms with Crippen molar-refractivity contribution < 1.29 is 0 Å². The van der Waals surface area contributed by atoms with Crippen LogP contribution < -0.4 is 5.32 Å². The Labute approximate surface area is 88.1 Å².